The topological polar surface area (TPSA) is 95.2 Å². The molecule has 2 heterocycles. The molecule has 2 amide bonds. The van der Waals surface area contributed by atoms with E-state index in [1.807, 2.05) is 32.0 Å². The first-order chi connectivity index (χ1) is 15.3. The van der Waals surface area contributed by atoms with Crippen molar-refractivity contribution in [2.75, 3.05) is 18.9 Å². The summed E-state index contributed by atoms with van der Waals surface area (Å²) in [4.78, 5) is 48.5. The lowest BCUT2D eigenvalue weighted by atomic mass is 9.97. The van der Waals surface area contributed by atoms with Gasteiger partial charge in [-0.2, -0.15) is 0 Å². The fourth-order valence-electron chi connectivity index (χ4n) is 4.11. The van der Waals surface area contributed by atoms with Crippen molar-refractivity contribution in [3.63, 3.8) is 0 Å². The molecular weight excluding hydrogens is 424 g/mol. The van der Waals surface area contributed by atoms with Crippen LogP contribution in [0.15, 0.2) is 23.0 Å². The van der Waals surface area contributed by atoms with Crippen molar-refractivity contribution in [3.8, 4) is 0 Å². The molecule has 0 aliphatic heterocycles. The number of amides is 2. The number of aromatic amines is 1. The molecule has 7 nitrogen and oxygen atoms in total. The van der Waals surface area contributed by atoms with E-state index in [2.05, 4.69) is 15.3 Å². The predicted molar refractivity (Wildman–Crippen MR) is 127 cm³/mol. The number of nitrogens with one attached hydrogen (secondary N) is 2. The summed E-state index contributed by atoms with van der Waals surface area (Å²) in [5.41, 5.74) is 3.82. The number of aromatic nitrogens is 2. The summed E-state index contributed by atoms with van der Waals surface area (Å²) in [6.07, 6.45) is 4.72. The lowest BCUT2D eigenvalue weighted by Crippen LogP contribution is -2.35. The first-order valence-corrected chi connectivity index (χ1v) is 11.8. The Bertz CT molecular complexity index is 1240. The fraction of sp³-hybridized carbons (Fsp3) is 0.417. The highest BCUT2D eigenvalue weighted by molar-refractivity contribution is 7.18. The van der Waals surface area contributed by atoms with Crippen molar-refractivity contribution < 1.29 is 9.59 Å². The molecular formula is C24H28N4O3S. The van der Waals surface area contributed by atoms with Crippen molar-refractivity contribution in [2.24, 2.45) is 0 Å². The second kappa shape index (κ2) is 9.24. The van der Waals surface area contributed by atoms with E-state index in [0.717, 1.165) is 58.3 Å². The number of hydrogen-bond donors (Lipinski definition) is 2. The largest absolute Gasteiger partial charge is 0.336 e. The third-order valence-corrected chi connectivity index (χ3v) is 7.11. The number of nitrogens with zero attached hydrogens (tertiary/aromatic N) is 2. The number of benzene rings is 1. The van der Waals surface area contributed by atoms with Gasteiger partial charge in [0.05, 0.1) is 11.9 Å². The number of carbonyl (C=O) groups excluding carboxylic acids is 2. The van der Waals surface area contributed by atoms with Crippen molar-refractivity contribution in [3.05, 3.63) is 55.9 Å². The third kappa shape index (κ3) is 4.75. The van der Waals surface area contributed by atoms with E-state index in [1.165, 1.54) is 9.78 Å². The van der Waals surface area contributed by atoms with Crippen LogP contribution in [-0.2, 0) is 28.9 Å². The van der Waals surface area contributed by atoms with Crippen LogP contribution in [0.5, 0.6) is 0 Å². The van der Waals surface area contributed by atoms with Crippen LogP contribution in [0.4, 0.5) is 5.69 Å². The molecule has 4 rings (SSSR count). The van der Waals surface area contributed by atoms with Crippen molar-refractivity contribution in [1.29, 1.82) is 0 Å². The number of carbonyl (C=O) groups is 2. The second-order valence-electron chi connectivity index (χ2n) is 8.52. The maximum absolute atomic E-state index is 12.6. The molecule has 0 fully saturated rings. The first kappa shape index (κ1) is 22.2. The summed E-state index contributed by atoms with van der Waals surface area (Å²) in [7, 11) is 1.61. The highest BCUT2D eigenvalue weighted by atomic mass is 32.1. The molecule has 1 aliphatic rings. The normalized spacial score (nSPS) is 13.1. The molecule has 0 unspecified atom stereocenters. The third-order valence-electron chi connectivity index (χ3n) is 5.92. The van der Waals surface area contributed by atoms with Gasteiger partial charge < -0.3 is 15.2 Å². The molecule has 2 N–H and O–H groups in total. The minimum Gasteiger partial charge on any atom is -0.336 e. The van der Waals surface area contributed by atoms with Gasteiger partial charge in [0, 0.05) is 30.5 Å². The Hall–Kier alpha value is -3.00. The summed E-state index contributed by atoms with van der Waals surface area (Å²) in [5.74, 6) is 0.101. The van der Waals surface area contributed by atoms with Crippen LogP contribution in [-0.4, -0.2) is 40.3 Å². The molecule has 3 aromatic rings. The zero-order valence-corrected chi connectivity index (χ0v) is 19.5. The Morgan fingerprint density at radius 1 is 1.22 bits per heavy atom. The van der Waals surface area contributed by atoms with Gasteiger partial charge in [-0.25, -0.2) is 4.98 Å². The van der Waals surface area contributed by atoms with E-state index < -0.39 is 0 Å². The summed E-state index contributed by atoms with van der Waals surface area (Å²) in [5, 5.41) is 3.59. The van der Waals surface area contributed by atoms with E-state index in [4.69, 9.17) is 0 Å². The van der Waals surface area contributed by atoms with Crippen molar-refractivity contribution in [1.82, 2.24) is 14.9 Å². The Kier molecular flexibility index (Phi) is 6.41. The maximum Gasteiger partial charge on any atom is 0.259 e. The van der Waals surface area contributed by atoms with Crippen LogP contribution >= 0.6 is 11.3 Å². The number of aryl methyl sites for hydroxylation is 5. The molecule has 168 valence electrons. The molecule has 0 atom stereocenters. The SMILES string of the molecule is Cc1ccc(C)c(NC(=O)CN(C)C(=O)CCc2nc3sc4c(c3c(=O)[nH]2)CCCC4)c1. The number of H-pyrrole nitrogens is 1. The highest BCUT2D eigenvalue weighted by Gasteiger charge is 2.20. The average Bonchev–Trinajstić information content (AvgIpc) is 3.13. The quantitative estimate of drug-likeness (QED) is 0.598. The van der Waals surface area contributed by atoms with Crippen molar-refractivity contribution in [2.45, 2.75) is 52.4 Å². The smallest absolute Gasteiger partial charge is 0.259 e. The molecule has 0 radical (unpaired) electrons. The summed E-state index contributed by atoms with van der Waals surface area (Å²) in [6, 6.07) is 5.85. The molecule has 2 aromatic heterocycles. The Labute approximate surface area is 190 Å². The van der Waals surface area contributed by atoms with Gasteiger partial charge in [0.15, 0.2) is 0 Å². The number of thiophene rings is 1. The minimum atomic E-state index is -0.244. The molecule has 0 saturated carbocycles. The number of rotatable bonds is 6. The van der Waals surface area contributed by atoms with Crippen LogP contribution in [0.25, 0.3) is 10.2 Å². The van der Waals surface area contributed by atoms with Gasteiger partial charge in [-0.05, 0) is 62.3 Å². The monoisotopic (exact) mass is 452 g/mol. The van der Waals surface area contributed by atoms with Crippen LogP contribution in [0, 0.1) is 13.8 Å². The van der Waals surface area contributed by atoms with Gasteiger partial charge in [0.25, 0.3) is 5.56 Å². The number of anilines is 1. The van der Waals surface area contributed by atoms with Gasteiger partial charge in [-0.3, -0.25) is 14.4 Å². The molecule has 32 heavy (non-hydrogen) atoms. The van der Waals surface area contributed by atoms with Crippen LogP contribution in [0.1, 0.15) is 46.7 Å². The predicted octanol–water partition coefficient (Wildman–Crippen LogP) is 3.51. The molecule has 0 bridgehead atoms. The van der Waals surface area contributed by atoms with Gasteiger partial charge >= 0.3 is 0 Å². The first-order valence-electron chi connectivity index (χ1n) is 11.0. The second-order valence-corrected chi connectivity index (χ2v) is 9.60. The van der Waals surface area contributed by atoms with Crippen LogP contribution in [0.3, 0.4) is 0 Å². The van der Waals surface area contributed by atoms with Gasteiger partial charge in [-0.15, -0.1) is 11.3 Å². The van der Waals surface area contributed by atoms with Crippen LogP contribution in [0.2, 0.25) is 0 Å². The Morgan fingerprint density at radius 3 is 2.81 bits per heavy atom. The van der Waals surface area contributed by atoms with Gasteiger partial charge in [0.1, 0.15) is 10.7 Å². The summed E-state index contributed by atoms with van der Waals surface area (Å²) >= 11 is 1.60. The lowest BCUT2D eigenvalue weighted by molar-refractivity contribution is -0.133. The summed E-state index contributed by atoms with van der Waals surface area (Å²) < 4.78 is 0. The van der Waals surface area contributed by atoms with Crippen LogP contribution < -0.4 is 10.9 Å². The lowest BCUT2D eigenvalue weighted by Gasteiger charge is -2.17. The van der Waals surface area contributed by atoms with E-state index in [9.17, 15) is 14.4 Å². The zero-order chi connectivity index (χ0) is 22.8. The van der Waals surface area contributed by atoms with E-state index in [0.29, 0.717) is 12.2 Å². The number of likely N-dealkylation sites (N-methyl/N-ethyl adjacent to an activating group) is 1. The molecule has 1 aliphatic carbocycles. The molecule has 8 heteroatoms. The highest BCUT2D eigenvalue weighted by Crippen LogP contribution is 2.33. The molecule has 1 aromatic carbocycles. The fourth-order valence-corrected chi connectivity index (χ4v) is 5.39. The summed E-state index contributed by atoms with van der Waals surface area (Å²) in [6.45, 7) is 3.86. The Morgan fingerprint density at radius 2 is 2.00 bits per heavy atom. The van der Waals surface area contributed by atoms with Gasteiger partial charge in [0.2, 0.25) is 11.8 Å². The van der Waals surface area contributed by atoms with Crippen molar-refractivity contribution >= 4 is 39.1 Å². The van der Waals surface area contributed by atoms with Gasteiger partial charge in [-0.1, -0.05) is 12.1 Å². The number of fused-ring (bicyclic) bond motifs is 3. The minimum absolute atomic E-state index is 0.0349. The van der Waals surface area contributed by atoms with E-state index in [-0.39, 0.29) is 30.3 Å². The Balaban J connectivity index is 1.36. The molecule has 0 spiro atoms. The molecule has 0 saturated heterocycles. The average molecular weight is 453 g/mol. The standard InChI is InChI=1S/C24H28N4O3S/c1-14-8-9-15(2)17(12-14)25-20(29)13-28(3)21(30)11-10-19-26-23(31)22-16-6-4-5-7-18(16)32-24(22)27-19/h8-9,12H,4-7,10-11,13H2,1-3H3,(H,25,29)(H,26,27,31). The zero-order valence-electron chi connectivity index (χ0n) is 18.7. The number of hydrogen-bond acceptors (Lipinski definition) is 5. The van der Waals surface area contributed by atoms with E-state index in [1.54, 1.807) is 18.4 Å². The van der Waals surface area contributed by atoms with E-state index >= 15 is 0 Å². The maximum atomic E-state index is 12.6.